The summed E-state index contributed by atoms with van der Waals surface area (Å²) in [6.45, 7) is 8.20. The molecule has 1 aromatic rings. The van der Waals surface area contributed by atoms with E-state index in [2.05, 4.69) is 14.9 Å². The van der Waals surface area contributed by atoms with E-state index < -0.39 is 0 Å². The molecule has 0 amide bonds. The van der Waals surface area contributed by atoms with Crippen LogP contribution in [0.4, 0.5) is 5.95 Å². The van der Waals surface area contributed by atoms with Crippen LogP contribution in [-0.2, 0) is 4.74 Å². The molecule has 1 aromatic heterocycles. The van der Waals surface area contributed by atoms with E-state index in [1.54, 1.807) is 7.11 Å². The number of aromatic nitrogens is 2. The van der Waals surface area contributed by atoms with E-state index in [9.17, 15) is 0 Å². The monoisotopic (exact) mass is 249 g/mol. The molecular weight excluding hydrogens is 226 g/mol. The molecule has 2 heterocycles. The van der Waals surface area contributed by atoms with Gasteiger partial charge in [-0.15, -0.1) is 0 Å². The van der Waals surface area contributed by atoms with Crippen molar-refractivity contribution in [3.8, 4) is 0 Å². The van der Waals surface area contributed by atoms with Crippen LogP contribution in [0.2, 0.25) is 0 Å². The third kappa shape index (κ3) is 2.34. The van der Waals surface area contributed by atoms with Gasteiger partial charge in [-0.3, -0.25) is 0 Å². The van der Waals surface area contributed by atoms with Gasteiger partial charge in [0.25, 0.3) is 0 Å². The first-order valence-corrected chi connectivity index (χ1v) is 6.77. The molecule has 100 valence electrons. The van der Waals surface area contributed by atoms with Crippen molar-refractivity contribution in [3.63, 3.8) is 0 Å². The van der Waals surface area contributed by atoms with Gasteiger partial charge < -0.3 is 9.64 Å². The molecule has 0 aromatic carbocycles. The van der Waals surface area contributed by atoms with Gasteiger partial charge in [0, 0.05) is 38.0 Å². The first-order valence-electron chi connectivity index (χ1n) is 6.77. The molecule has 1 aliphatic heterocycles. The van der Waals surface area contributed by atoms with Crippen LogP contribution in [0, 0.1) is 12.3 Å². The fraction of sp³-hybridized carbons (Fsp3) is 0.714. The Bertz CT molecular complexity index is 377. The Hall–Kier alpha value is -1.16. The lowest BCUT2D eigenvalue weighted by atomic mass is 9.62. The van der Waals surface area contributed by atoms with E-state index in [4.69, 9.17) is 4.74 Å². The van der Waals surface area contributed by atoms with Crippen molar-refractivity contribution >= 4 is 5.95 Å². The molecule has 0 N–H and O–H groups in total. The summed E-state index contributed by atoms with van der Waals surface area (Å²) in [5.74, 6) is 0.872. The molecule has 2 aliphatic rings. The maximum Gasteiger partial charge on any atom is 0.225 e. The van der Waals surface area contributed by atoms with Crippen molar-refractivity contribution in [3.05, 3.63) is 18.0 Å². The van der Waals surface area contributed by atoms with E-state index in [0.29, 0.717) is 11.5 Å². The van der Waals surface area contributed by atoms with Crippen LogP contribution in [0.1, 0.15) is 32.3 Å². The van der Waals surface area contributed by atoms with Crippen LogP contribution in [0.15, 0.2) is 12.4 Å². The van der Waals surface area contributed by atoms with Crippen molar-refractivity contribution in [2.75, 3.05) is 25.1 Å². The van der Waals surface area contributed by atoms with E-state index in [0.717, 1.165) is 24.6 Å². The van der Waals surface area contributed by atoms with Crippen molar-refractivity contribution in [1.82, 2.24) is 9.97 Å². The molecule has 3 rings (SSSR count). The molecule has 1 spiro atoms. The zero-order valence-corrected chi connectivity index (χ0v) is 11.8. The zero-order chi connectivity index (χ0) is 13.2. The lowest BCUT2D eigenvalue weighted by Gasteiger charge is -2.58. The first-order chi connectivity index (χ1) is 8.71. The smallest absolute Gasteiger partial charge is 0.225 e. The second-order valence-corrected chi connectivity index (χ2v) is 5.18. The molecule has 1 saturated heterocycles. The molecule has 0 bridgehead atoms. The van der Waals surface area contributed by atoms with Gasteiger partial charge >= 0.3 is 0 Å². The van der Waals surface area contributed by atoms with Crippen molar-refractivity contribution in [2.24, 2.45) is 5.41 Å². The third-order valence-electron chi connectivity index (χ3n) is 3.76. The predicted octanol–water partition coefficient (Wildman–Crippen LogP) is 2.43. The van der Waals surface area contributed by atoms with Crippen LogP contribution in [-0.4, -0.2) is 36.3 Å². The van der Waals surface area contributed by atoms with Gasteiger partial charge in [0.15, 0.2) is 0 Å². The number of methoxy groups -OCH3 is 1. The second kappa shape index (κ2) is 5.22. The summed E-state index contributed by atoms with van der Waals surface area (Å²) in [6.07, 6.45) is 6.65. The minimum atomic E-state index is 0.487. The van der Waals surface area contributed by atoms with Crippen molar-refractivity contribution in [2.45, 2.75) is 39.7 Å². The number of hydrogen-bond acceptors (Lipinski definition) is 4. The SMILES string of the molecule is CC.COC1CC2(C1)CN(c1ncc(C)cn1)C2. The number of nitrogens with zero attached hydrogens (tertiary/aromatic N) is 3. The van der Waals surface area contributed by atoms with Gasteiger partial charge in [0.1, 0.15) is 0 Å². The normalized spacial score (nSPS) is 20.8. The second-order valence-electron chi connectivity index (χ2n) is 5.18. The Morgan fingerprint density at radius 3 is 2.28 bits per heavy atom. The van der Waals surface area contributed by atoms with Crippen LogP contribution in [0.25, 0.3) is 0 Å². The minimum Gasteiger partial charge on any atom is -0.381 e. The average Bonchev–Trinajstić information content (AvgIpc) is 2.31. The number of anilines is 1. The number of aryl methyl sites for hydroxylation is 1. The zero-order valence-electron chi connectivity index (χ0n) is 11.8. The molecule has 0 radical (unpaired) electrons. The highest BCUT2D eigenvalue weighted by atomic mass is 16.5. The largest absolute Gasteiger partial charge is 0.381 e. The van der Waals surface area contributed by atoms with E-state index in [1.165, 1.54) is 12.8 Å². The maximum atomic E-state index is 5.32. The number of ether oxygens (including phenoxy) is 1. The average molecular weight is 249 g/mol. The van der Waals surface area contributed by atoms with Gasteiger partial charge in [-0.25, -0.2) is 9.97 Å². The summed E-state index contributed by atoms with van der Waals surface area (Å²) in [5, 5.41) is 0. The Balaban J connectivity index is 0.000000574. The summed E-state index contributed by atoms with van der Waals surface area (Å²) in [7, 11) is 1.80. The Labute approximate surface area is 109 Å². The van der Waals surface area contributed by atoms with Crippen LogP contribution < -0.4 is 4.90 Å². The fourth-order valence-corrected chi connectivity index (χ4v) is 2.78. The molecule has 18 heavy (non-hydrogen) atoms. The molecular formula is C14H23N3O. The minimum absolute atomic E-state index is 0.487. The number of hydrogen-bond donors (Lipinski definition) is 0. The Morgan fingerprint density at radius 1 is 1.22 bits per heavy atom. The molecule has 2 fully saturated rings. The molecule has 1 saturated carbocycles. The molecule has 0 unspecified atom stereocenters. The third-order valence-corrected chi connectivity index (χ3v) is 3.76. The standard InChI is InChI=1S/C12H17N3O.C2H6/c1-9-5-13-11(14-6-9)15-7-12(8-15)3-10(4-12)16-2;1-2/h5-6,10H,3-4,7-8H2,1-2H3;1-2H3. The van der Waals surface area contributed by atoms with Crippen molar-refractivity contribution in [1.29, 1.82) is 0 Å². The quantitative estimate of drug-likeness (QED) is 0.807. The highest BCUT2D eigenvalue weighted by molar-refractivity contribution is 5.37. The molecule has 1 aliphatic carbocycles. The van der Waals surface area contributed by atoms with Crippen LogP contribution in [0.5, 0.6) is 0 Å². The molecule has 4 heteroatoms. The fourth-order valence-electron chi connectivity index (χ4n) is 2.78. The van der Waals surface area contributed by atoms with E-state index >= 15 is 0 Å². The Kier molecular flexibility index (Phi) is 3.85. The highest BCUT2D eigenvalue weighted by Crippen LogP contribution is 2.49. The van der Waals surface area contributed by atoms with Gasteiger partial charge in [-0.2, -0.15) is 0 Å². The predicted molar refractivity (Wildman–Crippen MR) is 72.8 cm³/mol. The molecule has 4 nitrogen and oxygen atoms in total. The summed E-state index contributed by atoms with van der Waals surface area (Å²) in [4.78, 5) is 10.9. The summed E-state index contributed by atoms with van der Waals surface area (Å²) >= 11 is 0. The van der Waals surface area contributed by atoms with Crippen LogP contribution >= 0.6 is 0 Å². The maximum absolute atomic E-state index is 5.32. The summed E-state index contributed by atoms with van der Waals surface area (Å²) in [5.41, 5.74) is 1.62. The summed E-state index contributed by atoms with van der Waals surface area (Å²) < 4.78 is 5.32. The van der Waals surface area contributed by atoms with Gasteiger partial charge in [0.2, 0.25) is 5.95 Å². The van der Waals surface area contributed by atoms with Gasteiger partial charge in [-0.1, -0.05) is 13.8 Å². The van der Waals surface area contributed by atoms with Crippen LogP contribution in [0.3, 0.4) is 0 Å². The first kappa shape index (κ1) is 13.3. The molecule has 0 atom stereocenters. The van der Waals surface area contributed by atoms with Gasteiger partial charge in [0.05, 0.1) is 6.10 Å². The Morgan fingerprint density at radius 2 is 1.78 bits per heavy atom. The van der Waals surface area contributed by atoms with Crippen molar-refractivity contribution < 1.29 is 4.74 Å². The summed E-state index contributed by atoms with van der Waals surface area (Å²) in [6, 6.07) is 0. The lowest BCUT2D eigenvalue weighted by molar-refractivity contribution is -0.0735. The number of rotatable bonds is 2. The van der Waals surface area contributed by atoms with E-state index in [1.807, 2.05) is 33.2 Å². The van der Waals surface area contributed by atoms with Gasteiger partial charge in [-0.05, 0) is 25.3 Å². The highest BCUT2D eigenvalue weighted by Gasteiger charge is 2.53. The van der Waals surface area contributed by atoms with E-state index in [-0.39, 0.29) is 0 Å². The topological polar surface area (TPSA) is 38.2 Å². The lowest BCUT2D eigenvalue weighted by Crippen LogP contribution is -2.64.